The van der Waals surface area contributed by atoms with Crippen molar-refractivity contribution in [1.29, 1.82) is 0 Å². The maximum absolute atomic E-state index is 13.2. The Balaban J connectivity index is 3.15. The van der Waals surface area contributed by atoms with Crippen LogP contribution in [0.4, 0.5) is 4.39 Å². The van der Waals surface area contributed by atoms with Crippen LogP contribution < -0.4 is 10.1 Å². The fourth-order valence-corrected chi connectivity index (χ4v) is 1.72. The maximum Gasteiger partial charge on any atom is 0.186 e. The van der Waals surface area contributed by atoms with Crippen molar-refractivity contribution >= 4 is 5.78 Å². The van der Waals surface area contributed by atoms with Gasteiger partial charge in [0.05, 0.1) is 18.2 Å². The van der Waals surface area contributed by atoms with Gasteiger partial charge >= 0.3 is 0 Å². The first-order chi connectivity index (χ1) is 7.92. The van der Waals surface area contributed by atoms with E-state index in [1.54, 1.807) is 13.8 Å². The van der Waals surface area contributed by atoms with Gasteiger partial charge in [0.15, 0.2) is 5.78 Å². The van der Waals surface area contributed by atoms with E-state index in [1.165, 1.54) is 25.3 Å². The molecule has 0 bridgehead atoms. The van der Waals surface area contributed by atoms with Gasteiger partial charge in [-0.2, -0.15) is 0 Å². The Hall–Kier alpha value is -1.42. The third-order valence-electron chi connectivity index (χ3n) is 2.59. The molecule has 0 atom stereocenters. The van der Waals surface area contributed by atoms with E-state index in [0.29, 0.717) is 12.3 Å². The minimum absolute atomic E-state index is 0.185. The summed E-state index contributed by atoms with van der Waals surface area (Å²) in [5, 5.41) is 3.06. The summed E-state index contributed by atoms with van der Waals surface area (Å²) >= 11 is 0. The molecule has 4 heteroatoms. The number of ether oxygens (including phenoxy) is 1. The SMILES string of the molecule is CCNC(C)(C)C(=O)c1cc(F)ccc1OC. The lowest BCUT2D eigenvalue weighted by Gasteiger charge is -2.24. The van der Waals surface area contributed by atoms with Crippen molar-refractivity contribution in [1.82, 2.24) is 5.32 Å². The van der Waals surface area contributed by atoms with Gasteiger partial charge < -0.3 is 10.1 Å². The molecule has 0 radical (unpaired) electrons. The molecule has 94 valence electrons. The number of nitrogens with one attached hydrogen (secondary N) is 1. The van der Waals surface area contributed by atoms with E-state index in [2.05, 4.69) is 5.32 Å². The topological polar surface area (TPSA) is 38.3 Å². The Morgan fingerprint density at radius 3 is 2.65 bits per heavy atom. The summed E-state index contributed by atoms with van der Waals surface area (Å²) in [5.41, 5.74) is -0.478. The van der Waals surface area contributed by atoms with Gasteiger partial charge in [-0.15, -0.1) is 0 Å². The van der Waals surface area contributed by atoms with Crippen LogP contribution in [0.2, 0.25) is 0 Å². The van der Waals surface area contributed by atoms with Crippen LogP contribution in [0.3, 0.4) is 0 Å². The number of hydrogen-bond donors (Lipinski definition) is 1. The zero-order valence-corrected chi connectivity index (χ0v) is 10.6. The third kappa shape index (κ3) is 3.03. The molecule has 1 N–H and O–H groups in total. The molecule has 1 aromatic rings. The van der Waals surface area contributed by atoms with Crippen LogP contribution in [-0.2, 0) is 0 Å². The number of methoxy groups -OCH3 is 1. The number of rotatable bonds is 5. The van der Waals surface area contributed by atoms with Gasteiger partial charge in [0.1, 0.15) is 11.6 Å². The molecule has 0 spiro atoms. The molecule has 0 aliphatic rings. The highest BCUT2D eigenvalue weighted by molar-refractivity contribution is 6.04. The number of hydrogen-bond acceptors (Lipinski definition) is 3. The summed E-state index contributed by atoms with van der Waals surface area (Å²) in [4.78, 5) is 12.3. The van der Waals surface area contributed by atoms with E-state index in [4.69, 9.17) is 4.74 Å². The number of ketones is 1. The van der Waals surface area contributed by atoms with Crippen LogP contribution in [0.5, 0.6) is 5.75 Å². The molecule has 0 amide bonds. The molecule has 1 rings (SSSR count). The molecule has 0 aromatic heterocycles. The predicted octanol–water partition coefficient (Wildman–Crippen LogP) is 2.41. The zero-order chi connectivity index (χ0) is 13.1. The molecule has 0 fully saturated rings. The van der Waals surface area contributed by atoms with Crippen molar-refractivity contribution < 1.29 is 13.9 Å². The minimum atomic E-state index is -0.740. The Bertz CT molecular complexity index is 416. The number of Topliss-reactive ketones (excluding diaryl/α,β-unsaturated/α-hetero) is 1. The summed E-state index contributed by atoms with van der Waals surface area (Å²) in [6, 6.07) is 3.95. The second-order valence-electron chi connectivity index (χ2n) is 4.33. The molecule has 3 nitrogen and oxygen atoms in total. The molecule has 0 heterocycles. The average Bonchev–Trinajstić information content (AvgIpc) is 2.28. The highest BCUT2D eigenvalue weighted by Crippen LogP contribution is 2.24. The monoisotopic (exact) mass is 239 g/mol. The second-order valence-corrected chi connectivity index (χ2v) is 4.33. The van der Waals surface area contributed by atoms with E-state index < -0.39 is 11.4 Å². The zero-order valence-electron chi connectivity index (χ0n) is 10.6. The van der Waals surface area contributed by atoms with Crippen molar-refractivity contribution in [3.05, 3.63) is 29.6 Å². The lowest BCUT2D eigenvalue weighted by molar-refractivity contribution is 0.0880. The van der Waals surface area contributed by atoms with Crippen molar-refractivity contribution in [3.8, 4) is 5.75 Å². The van der Waals surface area contributed by atoms with Crippen LogP contribution in [-0.4, -0.2) is 25.0 Å². The normalized spacial score (nSPS) is 11.4. The van der Waals surface area contributed by atoms with Gasteiger partial charge in [0, 0.05) is 0 Å². The van der Waals surface area contributed by atoms with Gasteiger partial charge in [-0.3, -0.25) is 4.79 Å². The highest BCUT2D eigenvalue weighted by Gasteiger charge is 2.29. The maximum atomic E-state index is 13.2. The van der Waals surface area contributed by atoms with Crippen LogP contribution >= 0.6 is 0 Å². The standard InChI is InChI=1S/C13H18FNO2/c1-5-15-13(2,3)12(16)10-8-9(14)6-7-11(10)17-4/h6-8,15H,5H2,1-4H3. The first kappa shape index (κ1) is 13.6. The molecule has 0 saturated carbocycles. The fraction of sp³-hybridized carbons (Fsp3) is 0.462. The molecule has 17 heavy (non-hydrogen) atoms. The minimum Gasteiger partial charge on any atom is -0.496 e. The number of carbonyl (C=O) groups is 1. The molecule has 0 unspecified atom stereocenters. The number of likely N-dealkylation sites (N-methyl/N-ethyl adjacent to an activating group) is 1. The van der Waals surface area contributed by atoms with Crippen molar-refractivity contribution in [2.45, 2.75) is 26.3 Å². The Kier molecular flexibility index (Phi) is 4.23. The van der Waals surface area contributed by atoms with Crippen molar-refractivity contribution in [2.24, 2.45) is 0 Å². The Labute approximate surface area is 101 Å². The quantitative estimate of drug-likeness (QED) is 0.802. The Morgan fingerprint density at radius 1 is 1.47 bits per heavy atom. The summed E-state index contributed by atoms with van der Waals surface area (Å²) in [6.07, 6.45) is 0. The van der Waals surface area contributed by atoms with E-state index in [0.717, 1.165) is 0 Å². The number of carbonyl (C=O) groups excluding carboxylic acids is 1. The van der Waals surface area contributed by atoms with Crippen molar-refractivity contribution in [2.75, 3.05) is 13.7 Å². The van der Waals surface area contributed by atoms with Gasteiger partial charge in [0.25, 0.3) is 0 Å². The van der Waals surface area contributed by atoms with Crippen LogP contribution in [0.15, 0.2) is 18.2 Å². The van der Waals surface area contributed by atoms with Crippen LogP contribution in [0, 0.1) is 5.82 Å². The summed E-state index contributed by atoms with van der Waals surface area (Å²) in [6.45, 7) is 6.11. The van der Waals surface area contributed by atoms with Gasteiger partial charge in [-0.05, 0) is 38.6 Å². The fourth-order valence-electron chi connectivity index (χ4n) is 1.72. The third-order valence-corrected chi connectivity index (χ3v) is 2.59. The predicted molar refractivity (Wildman–Crippen MR) is 65.0 cm³/mol. The highest BCUT2D eigenvalue weighted by atomic mass is 19.1. The van der Waals surface area contributed by atoms with E-state index >= 15 is 0 Å². The lowest BCUT2D eigenvalue weighted by atomic mass is 9.92. The Morgan fingerprint density at radius 2 is 2.12 bits per heavy atom. The number of halogens is 1. The van der Waals surface area contributed by atoms with Crippen LogP contribution in [0.25, 0.3) is 0 Å². The van der Waals surface area contributed by atoms with E-state index in [9.17, 15) is 9.18 Å². The first-order valence-corrected chi connectivity index (χ1v) is 5.55. The molecular formula is C13H18FNO2. The second kappa shape index (κ2) is 5.27. The lowest BCUT2D eigenvalue weighted by Crippen LogP contribution is -2.46. The summed E-state index contributed by atoms with van der Waals surface area (Å²) in [7, 11) is 1.46. The molecule has 0 aliphatic carbocycles. The largest absolute Gasteiger partial charge is 0.496 e. The van der Waals surface area contributed by atoms with E-state index in [-0.39, 0.29) is 11.3 Å². The molecular weight excluding hydrogens is 221 g/mol. The molecule has 1 aromatic carbocycles. The summed E-state index contributed by atoms with van der Waals surface area (Å²) < 4.78 is 18.3. The number of benzene rings is 1. The van der Waals surface area contributed by atoms with Gasteiger partial charge in [0.2, 0.25) is 0 Å². The van der Waals surface area contributed by atoms with E-state index in [1.807, 2.05) is 6.92 Å². The summed E-state index contributed by atoms with van der Waals surface area (Å²) in [5.74, 6) is -0.237. The molecule has 0 aliphatic heterocycles. The van der Waals surface area contributed by atoms with Crippen molar-refractivity contribution in [3.63, 3.8) is 0 Å². The van der Waals surface area contributed by atoms with Crippen LogP contribution in [0.1, 0.15) is 31.1 Å². The average molecular weight is 239 g/mol. The smallest absolute Gasteiger partial charge is 0.186 e. The van der Waals surface area contributed by atoms with Gasteiger partial charge in [-0.1, -0.05) is 6.92 Å². The van der Waals surface area contributed by atoms with Gasteiger partial charge in [-0.25, -0.2) is 4.39 Å². The first-order valence-electron chi connectivity index (χ1n) is 5.55. The molecule has 0 saturated heterocycles.